The van der Waals surface area contributed by atoms with Gasteiger partial charge in [0, 0.05) is 15.8 Å². The van der Waals surface area contributed by atoms with Crippen LogP contribution in [-0.2, 0) is 14.3 Å². The number of hydrogen-bond donors (Lipinski definition) is 1. The van der Waals surface area contributed by atoms with Crippen molar-refractivity contribution in [1.82, 2.24) is 5.32 Å². The van der Waals surface area contributed by atoms with Crippen LogP contribution < -0.4 is 5.32 Å². The Morgan fingerprint density at radius 2 is 2.25 bits per heavy atom. The smallest absolute Gasteiger partial charge is 0.325 e. The SMILES string of the molecule is COC(=O)CNC(=O)/C=C/c1ccc(C)s1. The maximum absolute atomic E-state index is 11.2. The molecule has 0 saturated heterocycles. The van der Waals surface area contributed by atoms with E-state index in [1.807, 2.05) is 19.1 Å². The van der Waals surface area contributed by atoms with Gasteiger partial charge in [-0.3, -0.25) is 9.59 Å². The van der Waals surface area contributed by atoms with E-state index in [9.17, 15) is 9.59 Å². The highest BCUT2D eigenvalue weighted by atomic mass is 32.1. The molecule has 86 valence electrons. The third-order valence-electron chi connectivity index (χ3n) is 1.79. The normalized spacial score (nSPS) is 10.4. The Balaban J connectivity index is 2.39. The number of ether oxygens (including phenoxy) is 1. The lowest BCUT2D eigenvalue weighted by Gasteiger charge is -1.98. The summed E-state index contributed by atoms with van der Waals surface area (Å²) in [5, 5.41) is 2.41. The number of rotatable bonds is 4. The van der Waals surface area contributed by atoms with Crippen molar-refractivity contribution < 1.29 is 14.3 Å². The van der Waals surface area contributed by atoms with Crippen molar-refractivity contribution in [2.24, 2.45) is 0 Å². The minimum Gasteiger partial charge on any atom is -0.468 e. The monoisotopic (exact) mass is 239 g/mol. The number of amides is 1. The molecular formula is C11H13NO3S. The number of carbonyl (C=O) groups excluding carboxylic acids is 2. The average molecular weight is 239 g/mol. The molecule has 0 saturated carbocycles. The number of nitrogens with one attached hydrogen (secondary N) is 1. The first-order chi connectivity index (χ1) is 7.61. The van der Waals surface area contributed by atoms with Crippen LogP contribution in [0.25, 0.3) is 6.08 Å². The van der Waals surface area contributed by atoms with Crippen molar-refractivity contribution in [3.8, 4) is 0 Å². The fraction of sp³-hybridized carbons (Fsp3) is 0.273. The largest absolute Gasteiger partial charge is 0.468 e. The Kier molecular flexibility index (Phi) is 4.72. The molecule has 1 N–H and O–H groups in total. The molecular weight excluding hydrogens is 226 g/mol. The Bertz CT molecular complexity index is 409. The molecule has 0 atom stereocenters. The molecule has 0 aromatic carbocycles. The third-order valence-corrected chi connectivity index (χ3v) is 2.76. The van der Waals surface area contributed by atoms with Gasteiger partial charge in [0.05, 0.1) is 7.11 Å². The summed E-state index contributed by atoms with van der Waals surface area (Å²) in [4.78, 5) is 24.2. The molecule has 1 aromatic rings. The van der Waals surface area contributed by atoms with Crippen molar-refractivity contribution in [3.05, 3.63) is 28.0 Å². The van der Waals surface area contributed by atoms with Crippen LogP contribution in [-0.4, -0.2) is 25.5 Å². The fourth-order valence-corrected chi connectivity index (χ4v) is 1.77. The minimum absolute atomic E-state index is 0.108. The van der Waals surface area contributed by atoms with Gasteiger partial charge in [-0.15, -0.1) is 11.3 Å². The van der Waals surface area contributed by atoms with Gasteiger partial charge in [-0.1, -0.05) is 0 Å². The van der Waals surface area contributed by atoms with E-state index in [0.717, 1.165) is 4.88 Å². The van der Waals surface area contributed by atoms with Gasteiger partial charge in [0.2, 0.25) is 5.91 Å². The highest BCUT2D eigenvalue weighted by Crippen LogP contribution is 2.16. The third kappa shape index (κ3) is 4.27. The molecule has 0 radical (unpaired) electrons. The van der Waals surface area contributed by atoms with Crippen molar-refractivity contribution in [2.75, 3.05) is 13.7 Å². The van der Waals surface area contributed by atoms with E-state index in [0.29, 0.717) is 0 Å². The van der Waals surface area contributed by atoms with Crippen molar-refractivity contribution in [3.63, 3.8) is 0 Å². The highest BCUT2D eigenvalue weighted by molar-refractivity contribution is 7.12. The molecule has 1 aromatic heterocycles. The van der Waals surface area contributed by atoms with E-state index in [1.165, 1.54) is 18.1 Å². The van der Waals surface area contributed by atoms with E-state index in [4.69, 9.17) is 0 Å². The molecule has 1 heterocycles. The predicted octanol–water partition coefficient (Wildman–Crippen LogP) is 1.36. The molecule has 5 heteroatoms. The van der Waals surface area contributed by atoms with E-state index in [-0.39, 0.29) is 12.5 Å². The Labute approximate surface area is 97.9 Å². The first-order valence-corrected chi connectivity index (χ1v) is 5.52. The lowest BCUT2D eigenvalue weighted by atomic mass is 10.4. The van der Waals surface area contributed by atoms with E-state index in [1.54, 1.807) is 17.4 Å². The van der Waals surface area contributed by atoms with Gasteiger partial charge in [-0.2, -0.15) is 0 Å². The maximum atomic E-state index is 11.2. The molecule has 0 aliphatic carbocycles. The lowest BCUT2D eigenvalue weighted by molar-refractivity contribution is -0.140. The molecule has 0 spiro atoms. The van der Waals surface area contributed by atoms with E-state index in [2.05, 4.69) is 10.1 Å². The predicted molar refractivity (Wildman–Crippen MR) is 63.1 cm³/mol. The number of thiophene rings is 1. The molecule has 0 aliphatic rings. The van der Waals surface area contributed by atoms with Crippen molar-refractivity contribution >= 4 is 29.3 Å². The molecule has 1 amide bonds. The Morgan fingerprint density at radius 3 is 2.81 bits per heavy atom. The summed E-state index contributed by atoms with van der Waals surface area (Å²) in [6.45, 7) is 1.89. The zero-order chi connectivity index (χ0) is 12.0. The minimum atomic E-state index is -0.464. The van der Waals surface area contributed by atoms with Crippen molar-refractivity contribution in [2.45, 2.75) is 6.92 Å². The van der Waals surface area contributed by atoms with Gasteiger partial charge in [0.25, 0.3) is 0 Å². The number of methoxy groups -OCH3 is 1. The molecule has 0 unspecified atom stereocenters. The molecule has 1 rings (SSSR count). The first-order valence-electron chi connectivity index (χ1n) is 4.71. The van der Waals surface area contributed by atoms with Crippen LogP contribution in [0.15, 0.2) is 18.2 Å². The van der Waals surface area contributed by atoms with E-state index >= 15 is 0 Å². The van der Waals surface area contributed by atoms with Crippen LogP contribution in [0.2, 0.25) is 0 Å². The van der Waals surface area contributed by atoms with Gasteiger partial charge in [0.1, 0.15) is 6.54 Å². The second kappa shape index (κ2) is 6.07. The summed E-state index contributed by atoms with van der Waals surface area (Å²) in [7, 11) is 1.28. The molecule has 16 heavy (non-hydrogen) atoms. The summed E-state index contributed by atoms with van der Waals surface area (Å²) in [6.07, 6.45) is 3.11. The van der Waals surface area contributed by atoms with Gasteiger partial charge in [0.15, 0.2) is 0 Å². The summed E-state index contributed by atoms with van der Waals surface area (Å²) in [5.74, 6) is -0.773. The van der Waals surface area contributed by atoms with Crippen LogP contribution >= 0.6 is 11.3 Å². The second-order valence-corrected chi connectivity index (χ2v) is 4.40. The van der Waals surface area contributed by atoms with Gasteiger partial charge < -0.3 is 10.1 Å². The van der Waals surface area contributed by atoms with Crippen LogP contribution in [0.5, 0.6) is 0 Å². The summed E-state index contributed by atoms with van der Waals surface area (Å²) >= 11 is 1.60. The number of esters is 1. The van der Waals surface area contributed by atoms with Gasteiger partial charge in [-0.25, -0.2) is 0 Å². The highest BCUT2D eigenvalue weighted by Gasteiger charge is 2.01. The maximum Gasteiger partial charge on any atom is 0.325 e. The zero-order valence-electron chi connectivity index (χ0n) is 9.15. The zero-order valence-corrected chi connectivity index (χ0v) is 9.97. The molecule has 4 nitrogen and oxygen atoms in total. The Morgan fingerprint density at radius 1 is 1.50 bits per heavy atom. The molecule has 0 bridgehead atoms. The van der Waals surface area contributed by atoms with E-state index < -0.39 is 5.97 Å². The number of aryl methyl sites for hydroxylation is 1. The molecule has 0 aliphatic heterocycles. The molecule has 0 fully saturated rings. The van der Waals surface area contributed by atoms with Crippen LogP contribution in [0, 0.1) is 6.92 Å². The average Bonchev–Trinajstić information content (AvgIpc) is 2.69. The first kappa shape index (κ1) is 12.4. The summed E-state index contributed by atoms with van der Waals surface area (Å²) in [6, 6.07) is 3.92. The Hall–Kier alpha value is -1.62. The van der Waals surface area contributed by atoms with Crippen LogP contribution in [0.4, 0.5) is 0 Å². The lowest BCUT2D eigenvalue weighted by Crippen LogP contribution is -2.28. The fourth-order valence-electron chi connectivity index (χ4n) is 0.991. The number of carbonyl (C=O) groups is 2. The quantitative estimate of drug-likeness (QED) is 0.637. The van der Waals surface area contributed by atoms with Gasteiger partial charge in [-0.05, 0) is 25.1 Å². The summed E-state index contributed by atoms with van der Waals surface area (Å²) < 4.78 is 4.39. The van der Waals surface area contributed by atoms with Crippen molar-refractivity contribution in [1.29, 1.82) is 0 Å². The summed E-state index contributed by atoms with van der Waals surface area (Å²) in [5.41, 5.74) is 0. The topological polar surface area (TPSA) is 55.4 Å². The van der Waals surface area contributed by atoms with Crippen LogP contribution in [0.3, 0.4) is 0 Å². The second-order valence-electron chi connectivity index (χ2n) is 3.08. The van der Waals surface area contributed by atoms with Crippen LogP contribution in [0.1, 0.15) is 9.75 Å². The van der Waals surface area contributed by atoms with Gasteiger partial charge >= 0.3 is 5.97 Å². The standard InChI is InChI=1S/C11H13NO3S/c1-8-3-4-9(16-8)5-6-10(13)12-7-11(14)15-2/h3-6H,7H2,1-2H3,(H,12,13)/b6-5+. The number of hydrogen-bond acceptors (Lipinski definition) is 4.